The summed E-state index contributed by atoms with van der Waals surface area (Å²) in [4.78, 5) is 54.9. The van der Waals surface area contributed by atoms with Crippen LogP contribution in [0.5, 0.6) is 0 Å². The standard InChI is InChI=1S/C20H32N6O5/c1-5-10(3)16-19(30)31-13(6-2)8-15(27)23-11(4)17(28)25-14(18(29)26-16)7-12-9-22-20(21)24-12/h6,10-14,16H,2,5,7-9H2,1,3-4H3,(H,23,27)(H,25,28)(H,26,29)(H3,21,22,24). The summed E-state index contributed by atoms with van der Waals surface area (Å²) >= 11 is 0. The Labute approximate surface area is 181 Å². The molecule has 6 atom stereocenters. The number of ether oxygens (including phenoxy) is 1. The second-order valence-corrected chi connectivity index (χ2v) is 7.94. The molecule has 172 valence electrons. The van der Waals surface area contributed by atoms with Crippen LogP contribution < -0.4 is 27.0 Å². The lowest BCUT2D eigenvalue weighted by Crippen LogP contribution is -2.57. The lowest BCUT2D eigenvalue weighted by molar-refractivity contribution is -0.153. The van der Waals surface area contributed by atoms with Gasteiger partial charge in [-0.25, -0.2) is 4.79 Å². The van der Waals surface area contributed by atoms with E-state index in [2.05, 4.69) is 32.8 Å². The van der Waals surface area contributed by atoms with E-state index in [-0.39, 0.29) is 30.8 Å². The first-order chi connectivity index (χ1) is 14.6. The number of nitrogens with zero attached hydrogens (tertiary/aromatic N) is 1. The molecule has 0 radical (unpaired) electrons. The van der Waals surface area contributed by atoms with Gasteiger partial charge in [-0.3, -0.25) is 19.4 Å². The topological polar surface area (TPSA) is 164 Å². The maximum absolute atomic E-state index is 13.1. The Kier molecular flexibility index (Phi) is 8.40. The monoisotopic (exact) mass is 436 g/mol. The number of rotatable bonds is 5. The zero-order chi connectivity index (χ0) is 23.1. The van der Waals surface area contributed by atoms with Gasteiger partial charge in [0.15, 0.2) is 5.96 Å². The van der Waals surface area contributed by atoms with E-state index in [4.69, 9.17) is 10.5 Å². The van der Waals surface area contributed by atoms with Gasteiger partial charge < -0.3 is 31.7 Å². The van der Waals surface area contributed by atoms with E-state index in [9.17, 15) is 19.2 Å². The second kappa shape index (κ2) is 10.8. The number of hydrogen-bond donors (Lipinski definition) is 5. The van der Waals surface area contributed by atoms with Crippen LogP contribution in [0.4, 0.5) is 0 Å². The predicted octanol–water partition coefficient (Wildman–Crippen LogP) is -1.32. The highest BCUT2D eigenvalue weighted by Crippen LogP contribution is 2.14. The normalized spacial score (nSPS) is 31.3. The van der Waals surface area contributed by atoms with Crippen molar-refractivity contribution in [3.63, 3.8) is 0 Å². The Bertz CT molecular complexity index is 754. The van der Waals surface area contributed by atoms with Crippen molar-refractivity contribution in [2.24, 2.45) is 16.6 Å². The highest BCUT2D eigenvalue weighted by Gasteiger charge is 2.35. The average molecular weight is 437 g/mol. The number of guanidine groups is 1. The fraction of sp³-hybridized carbons (Fsp3) is 0.650. The van der Waals surface area contributed by atoms with Crippen LogP contribution in [0.1, 0.15) is 40.0 Å². The van der Waals surface area contributed by atoms with Gasteiger partial charge >= 0.3 is 5.97 Å². The van der Waals surface area contributed by atoms with E-state index < -0.39 is 47.9 Å². The lowest BCUT2D eigenvalue weighted by atomic mass is 9.98. The first-order valence-electron chi connectivity index (χ1n) is 10.4. The van der Waals surface area contributed by atoms with Crippen LogP contribution in [0.25, 0.3) is 0 Å². The smallest absolute Gasteiger partial charge is 0.329 e. The van der Waals surface area contributed by atoms with Gasteiger partial charge in [0.1, 0.15) is 24.2 Å². The zero-order valence-corrected chi connectivity index (χ0v) is 18.1. The van der Waals surface area contributed by atoms with E-state index in [1.54, 1.807) is 0 Å². The maximum atomic E-state index is 13.1. The zero-order valence-electron chi connectivity index (χ0n) is 18.1. The number of aliphatic imine (C=N–C) groups is 1. The molecule has 2 aliphatic heterocycles. The van der Waals surface area contributed by atoms with Crippen molar-refractivity contribution >= 4 is 29.7 Å². The molecule has 31 heavy (non-hydrogen) atoms. The summed E-state index contributed by atoms with van der Waals surface area (Å²) in [6, 6.07) is -3.07. The summed E-state index contributed by atoms with van der Waals surface area (Å²) in [7, 11) is 0. The summed E-state index contributed by atoms with van der Waals surface area (Å²) in [6.45, 7) is 9.16. The molecule has 0 aromatic heterocycles. The van der Waals surface area contributed by atoms with Crippen molar-refractivity contribution < 1.29 is 23.9 Å². The molecule has 0 aliphatic carbocycles. The Morgan fingerprint density at radius 1 is 1.19 bits per heavy atom. The molecule has 0 bridgehead atoms. The van der Waals surface area contributed by atoms with Gasteiger partial charge in [0.05, 0.1) is 19.0 Å². The van der Waals surface area contributed by atoms with Crippen molar-refractivity contribution in [2.45, 2.75) is 70.3 Å². The number of amides is 3. The molecular formula is C20H32N6O5. The molecule has 11 heteroatoms. The molecule has 2 heterocycles. The van der Waals surface area contributed by atoms with Gasteiger partial charge in [0.2, 0.25) is 17.7 Å². The van der Waals surface area contributed by atoms with Crippen LogP contribution in [-0.2, 0) is 23.9 Å². The summed E-state index contributed by atoms with van der Waals surface area (Å²) in [6.07, 6.45) is 1.07. The summed E-state index contributed by atoms with van der Waals surface area (Å²) in [5.41, 5.74) is 5.64. The van der Waals surface area contributed by atoms with Gasteiger partial charge in [-0.1, -0.05) is 32.9 Å². The molecule has 1 fully saturated rings. The van der Waals surface area contributed by atoms with Crippen molar-refractivity contribution in [1.82, 2.24) is 21.3 Å². The van der Waals surface area contributed by atoms with Crippen molar-refractivity contribution in [3.05, 3.63) is 12.7 Å². The molecule has 1 saturated heterocycles. The number of hydrogen-bond acceptors (Lipinski definition) is 8. The van der Waals surface area contributed by atoms with Crippen molar-refractivity contribution in [1.29, 1.82) is 0 Å². The molecule has 2 aliphatic rings. The number of nitrogens with two attached hydrogens (primary N) is 1. The lowest BCUT2D eigenvalue weighted by Gasteiger charge is -2.27. The highest BCUT2D eigenvalue weighted by molar-refractivity contribution is 5.94. The highest BCUT2D eigenvalue weighted by atomic mass is 16.5. The van der Waals surface area contributed by atoms with E-state index >= 15 is 0 Å². The summed E-state index contributed by atoms with van der Waals surface area (Å²) < 4.78 is 5.43. The Hall–Kier alpha value is -3.11. The molecule has 6 N–H and O–H groups in total. The van der Waals surface area contributed by atoms with Crippen LogP contribution >= 0.6 is 0 Å². The minimum atomic E-state index is -0.972. The third-order valence-corrected chi connectivity index (χ3v) is 5.44. The molecular weight excluding hydrogens is 404 g/mol. The molecule has 2 rings (SSSR count). The molecule has 6 unspecified atom stereocenters. The fourth-order valence-corrected chi connectivity index (χ4v) is 3.32. The van der Waals surface area contributed by atoms with E-state index in [1.807, 2.05) is 13.8 Å². The van der Waals surface area contributed by atoms with Gasteiger partial charge in [0.25, 0.3) is 0 Å². The third-order valence-electron chi connectivity index (χ3n) is 5.44. The van der Waals surface area contributed by atoms with Crippen LogP contribution in [0, 0.1) is 5.92 Å². The van der Waals surface area contributed by atoms with Crippen LogP contribution in [-0.4, -0.2) is 66.5 Å². The van der Waals surface area contributed by atoms with E-state index in [0.717, 1.165) is 0 Å². The van der Waals surface area contributed by atoms with E-state index in [1.165, 1.54) is 13.0 Å². The molecule has 0 aromatic carbocycles. The Morgan fingerprint density at radius 3 is 2.48 bits per heavy atom. The van der Waals surface area contributed by atoms with Gasteiger partial charge in [-0.15, -0.1) is 0 Å². The predicted molar refractivity (Wildman–Crippen MR) is 114 cm³/mol. The number of esters is 1. The number of nitrogens with one attached hydrogen (secondary N) is 4. The Morgan fingerprint density at radius 2 is 1.90 bits per heavy atom. The number of carbonyl (C=O) groups excluding carboxylic acids is 4. The van der Waals surface area contributed by atoms with Crippen LogP contribution in [0.3, 0.4) is 0 Å². The first-order valence-corrected chi connectivity index (χ1v) is 10.4. The quantitative estimate of drug-likeness (QED) is 0.264. The minimum Gasteiger partial charge on any atom is -0.456 e. The summed E-state index contributed by atoms with van der Waals surface area (Å²) in [5.74, 6) is -2.17. The van der Waals surface area contributed by atoms with Crippen molar-refractivity contribution in [3.8, 4) is 0 Å². The molecule has 11 nitrogen and oxygen atoms in total. The van der Waals surface area contributed by atoms with Crippen LogP contribution in [0.15, 0.2) is 17.6 Å². The minimum absolute atomic E-state index is 0.180. The van der Waals surface area contributed by atoms with Crippen molar-refractivity contribution in [2.75, 3.05) is 6.54 Å². The SMILES string of the molecule is C=CC1CC(=O)NC(C)C(=O)NC(CC2CN=C(N)N2)C(=O)NC(C(C)CC)C(=O)O1. The first kappa shape index (κ1) is 24.2. The largest absolute Gasteiger partial charge is 0.456 e. The Balaban J connectivity index is 2.30. The van der Waals surface area contributed by atoms with Gasteiger partial charge in [-0.2, -0.15) is 0 Å². The second-order valence-electron chi connectivity index (χ2n) is 7.94. The third kappa shape index (κ3) is 6.69. The fourth-order valence-electron chi connectivity index (χ4n) is 3.32. The average Bonchev–Trinajstić information content (AvgIpc) is 3.13. The van der Waals surface area contributed by atoms with Gasteiger partial charge in [-0.05, 0) is 19.3 Å². The molecule has 0 aromatic rings. The number of cyclic esters (lactones) is 1. The van der Waals surface area contributed by atoms with Gasteiger partial charge in [0, 0.05) is 0 Å². The molecule has 0 spiro atoms. The van der Waals surface area contributed by atoms with Crippen LogP contribution in [0.2, 0.25) is 0 Å². The number of carbonyl (C=O) groups is 4. The maximum Gasteiger partial charge on any atom is 0.329 e. The van der Waals surface area contributed by atoms with E-state index in [0.29, 0.717) is 13.0 Å². The molecule has 0 saturated carbocycles. The molecule has 3 amide bonds. The summed E-state index contributed by atoms with van der Waals surface area (Å²) in [5, 5.41) is 10.9.